The van der Waals surface area contributed by atoms with Crippen molar-refractivity contribution in [1.29, 1.82) is 0 Å². The van der Waals surface area contributed by atoms with Crippen LogP contribution in [0.4, 0.5) is 23.8 Å². The van der Waals surface area contributed by atoms with E-state index in [9.17, 15) is 19.1 Å². The first-order chi connectivity index (χ1) is 21.0. The number of aryl methyl sites for hydroxylation is 1. The number of ether oxygens (including phenoxy) is 1. The number of aromatic nitrogens is 4. The van der Waals surface area contributed by atoms with Crippen LogP contribution in [-0.2, 0) is 10.4 Å². The van der Waals surface area contributed by atoms with Crippen molar-refractivity contribution in [3.05, 3.63) is 69.9 Å². The van der Waals surface area contributed by atoms with Gasteiger partial charge in [-0.15, -0.1) is 0 Å². The quantitative estimate of drug-likeness (QED) is 0.304. The molecule has 1 fully saturated rings. The SMILES string of the molecule is Cc1ccnc(C(C)(C)F)c1-n1c(=O)nc(N2CCN(C(=O)OC(C)(C)C)CC2C)c2cc(F)c(-c3c(O)cccc3F)nc21. The lowest BCUT2D eigenvalue weighted by Crippen LogP contribution is -2.55. The van der Waals surface area contributed by atoms with Crippen LogP contribution in [0.3, 0.4) is 0 Å². The maximum Gasteiger partial charge on any atom is 0.410 e. The summed E-state index contributed by atoms with van der Waals surface area (Å²) < 4.78 is 52.9. The first-order valence-electron chi connectivity index (χ1n) is 14.5. The van der Waals surface area contributed by atoms with Crippen molar-refractivity contribution in [3.8, 4) is 22.7 Å². The number of anilines is 1. The number of pyridine rings is 2. The monoisotopic (exact) mass is 624 g/mol. The molecule has 1 unspecified atom stereocenters. The number of phenols is 1. The third-order valence-corrected chi connectivity index (χ3v) is 7.49. The van der Waals surface area contributed by atoms with E-state index in [1.54, 1.807) is 43.6 Å². The van der Waals surface area contributed by atoms with Crippen LogP contribution in [0, 0.1) is 18.6 Å². The normalized spacial score (nSPS) is 15.9. The highest BCUT2D eigenvalue weighted by Crippen LogP contribution is 2.37. The van der Waals surface area contributed by atoms with E-state index < -0.39 is 57.7 Å². The molecule has 1 N–H and O–H groups in total. The summed E-state index contributed by atoms with van der Waals surface area (Å²) in [5, 5.41) is 10.6. The van der Waals surface area contributed by atoms with Crippen LogP contribution in [0.15, 0.2) is 41.3 Å². The molecule has 0 spiro atoms. The fourth-order valence-electron chi connectivity index (χ4n) is 5.48. The zero-order chi connectivity index (χ0) is 33.0. The Kier molecular flexibility index (Phi) is 8.01. The summed E-state index contributed by atoms with van der Waals surface area (Å²) in [5.74, 6) is -2.39. The molecule has 1 amide bonds. The Morgan fingerprint density at radius 1 is 1.07 bits per heavy atom. The number of benzene rings is 1. The van der Waals surface area contributed by atoms with E-state index in [-0.39, 0.29) is 47.9 Å². The number of rotatable bonds is 4. The zero-order valence-corrected chi connectivity index (χ0v) is 26.2. The Hall–Kier alpha value is -4.68. The second-order valence-electron chi connectivity index (χ2n) is 12.6. The maximum absolute atomic E-state index is 15.9. The van der Waals surface area contributed by atoms with E-state index in [1.165, 1.54) is 32.2 Å². The van der Waals surface area contributed by atoms with Gasteiger partial charge in [0.2, 0.25) is 0 Å². The highest BCUT2D eigenvalue weighted by molar-refractivity contribution is 5.91. The number of fused-ring (bicyclic) bond motifs is 1. The highest BCUT2D eigenvalue weighted by atomic mass is 19.1. The maximum atomic E-state index is 15.9. The van der Waals surface area contributed by atoms with Crippen LogP contribution >= 0.6 is 0 Å². The largest absolute Gasteiger partial charge is 0.507 e. The topological polar surface area (TPSA) is 114 Å². The van der Waals surface area contributed by atoms with Crippen LogP contribution in [0.2, 0.25) is 0 Å². The number of alkyl halides is 1. The summed E-state index contributed by atoms with van der Waals surface area (Å²) in [6.07, 6.45) is 0.921. The third-order valence-electron chi connectivity index (χ3n) is 7.49. The molecule has 1 aliphatic rings. The second kappa shape index (κ2) is 11.4. The number of amides is 1. The Morgan fingerprint density at radius 2 is 1.78 bits per heavy atom. The molecule has 1 saturated heterocycles. The number of carbonyl (C=O) groups excluding carboxylic acids is 1. The molecule has 238 valence electrons. The Labute approximate surface area is 258 Å². The molecule has 1 atom stereocenters. The number of halogens is 3. The number of nitrogens with zero attached hydrogens (tertiary/aromatic N) is 6. The van der Waals surface area contributed by atoms with E-state index >= 15 is 8.78 Å². The van der Waals surface area contributed by atoms with Crippen molar-refractivity contribution >= 4 is 22.9 Å². The van der Waals surface area contributed by atoms with Gasteiger partial charge in [0.05, 0.1) is 16.6 Å². The van der Waals surface area contributed by atoms with Crippen molar-refractivity contribution in [2.45, 2.75) is 65.8 Å². The Bertz CT molecular complexity index is 1850. The molecule has 0 aliphatic carbocycles. The van der Waals surface area contributed by atoms with Gasteiger partial charge in [0.15, 0.2) is 11.5 Å². The molecule has 1 aliphatic heterocycles. The first-order valence-corrected chi connectivity index (χ1v) is 14.5. The molecule has 4 aromatic rings. The van der Waals surface area contributed by atoms with Crippen molar-refractivity contribution in [2.75, 3.05) is 24.5 Å². The number of hydrogen-bond donors (Lipinski definition) is 1. The van der Waals surface area contributed by atoms with Gasteiger partial charge in [0, 0.05) is 31.9 Å². The minimum absolute atomic E-state index is 0.0599. The molecule has 0 saturated carbocycles. The summed E-state index contributed by atoms with van der Waals surface area (Å²) in [6.45, 7) is 12.0. The zero-order valence-electron chi connectivity index (χ0n) is 26.2. The van der Waals surface area contributed by atoms with Crippen LogP contribution in [0.1, 0.15) is 52.8 Å². The summed E-state index contributed by atoms with van der Waals surface area (Å²) in [5.41, 5.74) is -4.31. The summed E-state index contributed by atoms with van der Waals surface area (Å²) in [4.78, 5) is 43.0. The summed E-state index contributed by atoms with van der Waals surface area (Å²) in [7, 11) is 0. The van der Waals surface area contributed by atoms with E-state index in [4.69, 9.17) is 4.74 Å². The third kappa shape index (κ3) is 6.03. The van der Waals surface area contributed by atoms with Crippen LogP contribution < -0.4 is 10.6 Å². The predicted molar refractivity (Wildman–Crippen MR) is 163 cm³/mol. The van der Waals surface area contributed by atoms with Crippen LogP contribution in [-0.4, -0.2) is 66.9 Å². The number of aromatic hydroxyl groups is 1. The molecular weight excluding hydrogens is 589 g/mol. The molecule has 4 heterocycles. The standard InChI is InChI=1S/C32H35F3N6O4/c1-17-11-12-36-26(32(6,7)35)25(17)41-28-19(15-21(34)24(37-28)23-20(33)9-8-10-22(23)42)27(38-29(41)43)40-14-13-39(16-18(40)2)30(44)45-31(3,4)5/h8-12,15,18,42H,13-14,16H2,1-7H3. The molecular formula is C32H35F3N6O4. The molecule has 0 radical (unpaired) electrons. The first kappa shape index (κ1) is 31.7. The average Bonchev–Trinajstić information content (AvgIpc) is 2.92. The van der Waals surface area contributed by atoms with E-state index in [1.807, 2.05) is 6.92 Å². The van der Waals surface area contributed by atoms with Gasteiger partial charge in [-0.1, -0.05) is 6.07 Å². The molecule has 3 aromatic heterocycles. The van der Waals surface area contributed by atoms with Gasteiger partial charge >= 0.3 is 11.8 Å². The van der Waals surface area contributed by atoms with Gasteiger partial charge < -0.3 is 19.6 Å². The predicted octanol–water partition coefficient (Wildman–Crippen LogP) is 5.79. The van der Waals surface area contributed by atoms with Crippen LogP contribution in [0.5, 0.6) is 5.75 Å². The Balaban J connectivity index is 1.76. The van der Waals surface area contributed by atoms with Gasteiger partial charge in [-0.05, 0) is 78.3 Å². The van der Waals surface area contributed by atoms with Gasteiger partial charge in [-0.3, -0.25) is 4.98 Å². The van der Waals surface area contributed by atoms with E-state index in [0.717, 1.165) is 16.7 Å². The van der Waals surface area contributed by atoms with Gasteiger partial charge in [-0.2, -0.15) is 4.98 Å². The minimum Gasteiger partial charge on any atom is -0.507 e. The van der Waals surface area contributed by atoms with Crippen LogP contribution in [0.25, 0.3) is 28.0 Å². The fourth-order valence-corrected chi connectivity index (χ4v) is 5.48. The smallest absolute Gasteiger partial charge is 0.410 e. The highest BCUT2D eigenvalue weighted by Gasteiger charge is 2.34. The summed E-state index contributed by atoms with van der Waals surface area (Å²) in [6, 6.07) is 5.76. The Morgan fingerprint density at radius 3 is 2.40 bits per heavy atom. The molecule has 10 nitrogen and oxygen atoms in total. The molecule has 0 bridgehead atoms. The average molecular weight is 625 g/mol. The van der Waals surface area contributed by atoms with Crippen molar-refractivity contribution < 1.29 is 27.8 Å². The number of carbonyl (C=O) groups is 1. The molecule has 1 aromatic carbocycles. The van der Waals surface area contributed by atoms with Gasteiger partial charge in [-0.25, -0.2) is 32.3 Å². The lowest BCUT2D eigenvalue weighted by atomic mass is 10.0. The van der Waals surface area contributed by atoms with Gasteiger partial charge in [0.1, 0.15) is 40.0 Å². The van der Waals surface area contributed by atoms with E-state index in [0.29, 0.717) is 5.56 Å². The second-order valence-corrected chi connectivity index (χ2v) is 12.6. The lowest BCUT2D eigenvalue weighted by molar-refractivity contribution is 0.0218. The summed E-state index contributed by atoms with van der Waals surface area (Å²) >= 11 is 0. The number of piperazine rings is 1. The molecule has 13 heteroatoms. The van der Waals surface area contributed by atoms with Crippen molar-refractivity contribution in [3.63, 3.8) is 0 Å². The lowest BCUT2D eigenvalue weighted by Gasteiger charge is -2.41. The number of hydrogen-bond acceptors (Lipinski definition) is 8. The van der Waals surface area contributed by atoms with Crippen molar-refractivity contribution in [2.24, 2.45) is 0 Å². The minimum atomic E-state index is -2.01. The number of phenolic OH excluding ortho intramolecular Hbond substituents is 1. The van der Waals surface area contributed by atoms with E-state index in [2.05, 4.69) is 15.0 Å². The molecule has 5 rings (SSSR count). The fraction of sp³-hybridized carbons (Fsp3) is 0.406. The van der Waals surface area contributed by atoms with Gasteiger partial charge in [0.25, 0.3) is 0 Å². The van der Waals surface area contributed by atoms with Crippen molar-refractivity contribution in [1.82, 2.24) is 24.4 Å². The molecule has 45 heavy (non-hydrogen) atoms.